The molecule has 0 aliphatic carbocycles. The second-order valence-electron chi connectivity index (χ2n) is 3.92. The molecule has 0 radical (unpaired) electrons. The van der Waals surface area contributed by atoms with Crippen molar-refractivity contribution in [2.24, 2.45) is 10.9 Å². The largest absolute Gasteiger partial charge is 0.327 e. The van der Waals surface area contributed by atoms with E-state index in [0.29, 0.717) is 10.2 Å². The summed E-state index contributed by atoms with van der Waals surface area (Å²) in [6.07, 6.45) is 0.184. The molecule has 100 valence electrons. The molecule has 0 fully saturated rings. The summed E-state index contributed by atoms with van der Waals surface area (Å²) in [6.45, 7) is 1.72. The number of benzene rings is 1. The van der Waals surface area contributed by atoms with Crippen molar-refractivity contribution in [3.8, 4) is 0 Å². The first-order chi connectivity index (χ1) is 8.20. The molecule has 1 aromatic carbocycles. The summed E-state index contributed by atoms with van der Waals surface area (Å²) in [7, 11) is -3.75. The summed E-state index contributed by atoms with van der Waals surface area (Å²) < 4.78 is 22.7. The van der Waals surface area contributed by atoms with Gasteiger partial charge in [0.1, 0.15) is 0 Å². The molecule has 1 unspecified atom stereocenters. The van der Waals surface area contributed by atoms with Crippen LogP contribution in [0.5, 0.6) is 0 Å². The molecule has 0 saturated heterocycles. The van der Waals surface area contributed by atoms with Crippen molar-refractivity contribution in [2.45, 2.75) is 24.3 Å². The minimum Gasteiger partial charge on any atom is -0.327 e. The molecule has 5 N–H and O–H groups in total. The number of anilines is 1. The highest BCUT2D eigenvalue weighted by molar-refractivity contribution is 9.10. The third-order valence-electron chi connectivity index (χ3n) is 2.05. The summed E-state index contributed by atoms with van der Waals surface area (Å²) in [5, 5.41) is 7.61. The van der Waals surface area contributed by atoms with E-state index in [0.717, 1.165) is 0 Å². The lowest BCUT2D eigenvalue weighted by Gasteiger charge is -2.09. The summed E-state index contributed by atoms with van der Waals surface area (Å²) >= 11 is 3.17. The van der Waals surface area contributed by atoms with Crippen molar-refractivity contribution in [3.05, 3.63) is 22.7 Å². The average Bonchev–Trinajstić information content (AvgIpc) is 2.18. The van der Waals surface area contributed by atoms with Crippen LogP contribution in [0, 0.1) is 0 Å². The van der Waals surface area contributed by atoms with E-state index in [9.17, 15) is 13.2 Å². The van der Waals surface area contributed by atoms with Crippen LogP contribution < -0.4 is 16.2 Å². The van der Waals surface area contributed by atoms with Gasteiger partial charge in [-0.15, -0.1) is 0 Å². The highest BCUT2D eigenvalue weighted by Gasteiger charge is 2.12. The molecule has 8 heteroatoms. The average molecular weight is 336 g/mol. The first-order valence-electron chi connectivity index (χ1n) is 5.08. The van der Waals surface area contributed by atoms with E-state index in [4.69, 9.17) is 10.9 Å². The van der Waals surface area contributed by atoms with Crippen LogP contribution in [0.4, 0.5) is 5.69 Å². The summed E-state index contributed by atoms with van der Waals surface area (Å²) in [5.41, 5.74) is 5.96. The number of nitrogens with two attached hydrogens (primary N) is 2. The zero-order valence-electron chi connectivity index (χ0n) is 9.68. The summed E-state index contributed by atoms with van der Waals surface area (Å²) in [5.74, 6) is -0.242. The third-order valence-corrected chi connectivity index (χ3v) is 3.62. The molecule has 6 nitrogen and oxygen atoms in total. The van der Waals surface area contributed by atoms with E-state index in [1.165, 1.54) is 18.2 Å². The SMILES string of the molecule is CC(N)CC(=O)Nc1ccc(S(N)(=O)=O)cc1Br. The Hall–Kier alpha value is -0.960. The van der Waals surface area contributed by atoms with Gasteiger partial charge in [-0.3, -0.25) is 4.79 Å². The van der Waals surface area contributed by atoms with Gasteiger partial charge < -0.3 is 11.1 Å². The lowest BCUT2D eigenvalue weighted by molar-refractivity contribution is -0.116. The van der Waals surface area contributed by atoms with Crippen LogP contribution in [-0.2, 0) is 14.8 Å². The van der Waals surface area contributed by atoms with Gasteiger partial charge in [-0.1, -0.05) is 0 Å². The maximum atomic E-state index is 11.5. The fourth-order valence-electron chi connectivity index (χ4n) is 1.27. The zero-order valence-corrected chi connectivity index (χ0v) is 12.1. The fourth-order valence-corrected chi connectivity index (χ4v) is 2.44. The number of rotatable bonds is 4. The van der Waals surface area contributed by atoms with Crippen LogP contribution in [0.1, 0.15) is 13.3 Å². The number of carbonyl (C=O) groups is 1. The standard InChI is InChI=1S/C10H14BrN3O3S/c1-6(12)4-10(15)14-9-3-2-7(5-8(9)11)18(13,16)17/h2-3,5-6H,4,12H2,1H3,(H,14,15)(H2,13,16,17). The Labute approximate surface area is 114 Å². The van der Waals surface area contributed by atoms with Crippen LogP contribution in [0.15, 0.2) is 27.6 Å². The van der Waals surface area contributed by atoms with E-state index in [-0.39, 0.29) is 23.3 Å². The maximum Gasteiger partial charge on any atom is 0.238 e. The number of halogens is 1. The van der Waals surface area contributed by atoms with Crippen LogP contribution in [0.3, 0.4) is 0 Å². The van der Waals surface area contributed by atoms with Gasteiger partial charge in [-0.25, -0.2) is 13.6 Å². The van der Waals surface area contributed by atoms with E-state index >= 15 is 0 Å². The monoisotopic (exact) mass is 335 g/mol. The van der Waals surface area contributed by atoms with Gasteiger partial charge in [-0.05, 0) is 41.1 Å². The van der Waals surface area contributed by atoms with E-state index in [1.54, 1.807) is 6.92 Å². The summed E-state index contributed by atoms with van der Waals surface area (Å²) in [6, 6.07) is 3.87. The molecule has 0 heterocycles. The molecule has 0 aliphatic rings. The van der Waals surface area contributed by atoms with Crippen molar-refractivity contribution >= 4 is 37.5 Å². The molecular formula is C10H14BrN3O3S. The smallest absolute Gasteiger partial charge is 0.238 e. The normalized spacial score (nSPS) is 13.1. The Morgan fingerprint density at radius 3 is 2.56 bits per heavy atom. The highest BCUT2D eigenvalue weighted by Crippen LogP contribution is 2.25. The Bertz CT molecular complexity index is 557. The number of hydrogen-bond acceptors (Lipinski definition) is 4. The Morgan fingerprint density at radius 2 is 2.11 bits per heavy atom. The molecule has 0 saturated carbocycles. The molecule has 18 heavy (non-hydrogen) atoms. The van der Waals surface area contributed by atoms with Crippen molar-refractivity contribution in [1.29, 1.82) is 0 Å². The van der Waals surface area contributed by atoms with Crippen molar-refractivity contribution in [3.63, 3.8) is 0 Å². The fraction of sp³-hybridized carbons (Fsp3) is 0.300. The number of amides is 1. The third kappa shape index (κ3) is 4.37. The molecule has 1 atom stereocenters. The predicted octanol–water partition coefficient (Wildman–Crippen LogP) is 0.772. The Morgan fingerprint density at radius 1 is 1.50 bits per heavy atom. The second-order valence-corrected chi connectivity index (χ2v) is 6.33. The minimum atomic E-state index is -3.75. The predicted molar refractivity (Wildman–Crippen MR) is 72.4 cm³/mol. The molecule has 0 bridgehead atoms. The molecule has 0 spiro atoms. The zero-order chi connectivity index (χ0) is 13.9. The van der Waals surface area contributed by atoms with E-state index < -0.39 is 10.0 Å². The van der Waals surface area contributed by atoms with Gasteiger partial charge in [0.25, 0.3) is 0 Å². The van der Waals surface area contributed by atoms with Gasteiger partial charge in [0, 0.05) is 16.9 Å². The topological polar surface area (TPSA) is 115 Å². The first kappa shape index (κ1) is 15.1. The van der Waals surface area contributed by atoms with Crippen LogP contribution in [-0.4, -0.2) is 20.4 Å². The summed E-state index contributed by atoms with van der Waals surface area (Å²) in [4.78, 5) is 11.5. The number of carbonyl (C=O) groups excluding carboxylic acids is 1. The van der Waals surface area contributed by atoms with Gasteiger partial charge in [-0.2, -0.15) is 0 Å². The van der Waals surface area contributed by atoms with Gasteiger partial charge in [0.2, 0.25) is 15.9 Å². The maximum absolute atomic E-state index is 11.5. The number of sulfonamides is 1. The quantitative estimate of drug-likeness (QED) is 0.753. The number of nitrogens with one attached hydrogen (secondary N) is 1. The second kappa shape index (κ2) is 5.79. The van der Waals surface area contributed by atoms with E-state index in [1.807, 2.05) is 0 Å². The van der Waals surface area contributed by atoms with E-state index in [2.05, 4.69) is 21.2 Å². The molecule has 1 amide bonds. The molecule has 1 aromatic rings. The number of hydrogen-bond donors (Lipinski definition) is 3. The lowest BCUT2D eigenvalue weighted by atomic mass is 10.2. The molecule has 1 rings (SSSR count). The van der Waals surface area contributed by atoms with Gasteiger partial charge in [0.15, 0.2) is 0 Å². The first-order valence-corrected chi connectivity index (χ1v) is 7.42. The highest BCUT2D eigenvalue weighted by atomic mass is 79.9. The van der Waals surface area contributed by atoms with Crippen molar-refractivity contribution < 1.29 is 13.2 Å². The minimum absolute atomic E-state index is 0.0282. The van der Waals surface area contributed by atoms with Crippen LogP contribution >= 0.6 is 15.9 Å². The van der Waals surface area contributed by atoms with Crippen molar-refractivity contribution in [1.82, 2.24) is 0 Å². The lowest BCUT2D eigenvalue weighted by Crippen LogP contribution is -2.24. The van der Waals surface area contributed by atoms with Crippen LogP contribution in [0.25, 0.3) is 0 Å². The Kier molecular flexibility index (Phi) is 4.85. The van der Waals surface area contributed by atoms with Crippen molar-refractivity contribution in [2.75, 3.05) is 5.32 Å². The number of primary sulfonamides is 1. The molecule has 0 aromatic heterocycles. The van der Waals surface area contributed by atoms with Gasteiger partial charge in [0.05, 0.1) is 10.6 Å². The van der Waals surface area contributed by atoms with Gasteiger partial charge >= 0.3 is 0 Å². The van der Waals surface area contributed by atoms with Crippen LogP contribution in [0.2, 0.25) is 0 Å². The Balaban J connectivity index is 2.90. The molecule has 0 aliphatic heterocycles. The molecular weight excluding hydrogens is 322 g/mol.